The van der Waals surface area contributed by atoms with Gasteiger partial charge in [-0.25, -0.2) is 0 Å². The first-order valence-corrected chi connectivity index (χ1v) is 11.0. The second kappa shape index (κ2) is 19.8. The fourth-order valence-electron chi connectivity index (χ4n) is 3.09. The largest absolute Gasteiger partial charge is 0.466 e. The van der Waals surface area contributed by atoms with Crippen molar-refractivity contribution in [3.8, 4) is 0 Å². The number of hydrogen-bond donors (Lipinski definition) is 0. The first kappa shape index (κ1) is 24.4. The van der Waals surface area contributed by atoms with Crippen LogP contribution in [0.4, 0.5) is 0 Å². The maximum absolute atomic E-state index is 11.5. The van der Waals surface area contributed by atoms with E-state index in [-0.39, 0.29) is 5.97 Å². The summed E-state index contributed by atoms with van der Waals surface area (Å²) < 4.78 is 5.27. The quantitative estimate of drug-likeness (QED) is 0.200. The smallest absolute Gasteiger partial charge is 0.305 e. The van der Waals surface area contributed by atoms with Crippen molar-refractivity contribution in [3.05, 3.63) is 0 Å². The van der Waals surface area contributed by atoms with Crippen molar-refractivity contribution < 1.29 is 9.53 Å². The van der Waals surface area contributed by atoms with Crippen LogP contribution in [0.1, 0.15) is 110 Å². The highest BCUT2D eigenvalue weighted by atomic mass is 16.5. The molecule has 0 aliphatic heterocycles. The maximum atomic E-state index is 11.5. The number of hydrogen-bond acceptors (Lipinski definition) is 3. The summed E-state index contributed by atoms with van der Waals surface area (Å²) in [6, 6.07) is 0. The molecule has 0 saturated heterocycles. The third-order valence-electron chi connectivity index (χ3n) is 4.75. The summed E-state index contributed by atoms with van der Waals surface area (Å²) in [5.74, 6) is -0.0310. The molecule has 0 heterocycles. The molecule has 0 bridgehead atoms. The predicted octanol–water partition coefficient (Wildman–Crippen LogP) is 6.35. The minimum atomic E-state index is -0.0310. The SMILES string of the molecule is CCCCCCCCCCCCCCCCOC(=O)CCCN(C)C. The molecule has 0 unspecified atom stereocenters. The Balaban J connectivity index is 3.10. The van der Waals surface area contributed by atoms with Crippen molar-refractivity contribution in [2.75, 3.05) is 27.2 Å². The Morgan fingerprint density at radius 3 is 1.56 bits per heavy atom. The number of carbonyl (C=O) groups is 1. The first-order chi connectivity index (χ1) is 12.2. The molecular weight excluding hydrogens is 310 g/mol. The lowest BCUT2D eigenvalue weighted by Crippen LogP contribution is -2.15. The molecule has 0 amide bonds. The molecule has 150 valence electrons. The van der Waals surface area contributed by atoms with Gasteiger partial charge in [0.1, 0.15) is 0 Å². The number of nitrogens with zero attached hydrogens (tertiary/aromatic N) is 1. The van der Waals surface area contributed by atoms with Gasteiger partial charge < -0.3 is 9.64 Å². The molecule has 0 fully saturated rings. The lowest BCUT2D eigenvalue weighted by atomic mass is 10.0. The van der Waals surface area contributed by atoms with E-state index in [4.69, 9.17) is 4.74 Å². The average molecular weight is 356 g/mol. The molecule has 0 aromatic carbocycles. The molecule has 0 aromatic heterocycles. The zero-order valence-corrected chi connectivity index (χ0v) is 17.5. The molecule has 0 atom stereocenters. The van der Waals surface area contributed by atoms with Gasteiger partial charge in [-0.1, -0.05) is 90.4 Å². The zero-order valence-electron chi connectivity index (χ0n) is 17.5. The van der Waals surface area contributed by atoms with E-state index in [1.54, 1.807) is 0 Å². The molecule has 25 heavy (non-hydrogen) atoms. The van der Waals surface area contributed by atoms with E-state index in [1.165, 1.54) is 83.5 Å². The van der Waals surface area contributed by atoms with Crippen LogP contribution in [0.5, 0.6) is 0 Å². The number of unbranched alkanes of at least 4 members (excludes halogenated alkanes) is 13. The monoisotopic (exact) mass is 355 g/mol. The first-order valence-electron chi connectivity index (χ1n) is 11.0. The van der Waals surface area contributed by atoms with E-state index in [0.29, 0.717) is 13.0 Å². The highest BCUT2D eigenvalue weighted by Crippen LogP contribution is 2.13. The summed E-state index contributed by atoms with van der Waals surface area (Å²) in [6.45, 7) is 3.84. The molecule has 0 N–H and O–H groups in total. The molecule has 0 aromatic rings. The zero-order chi connectivity index (χ0) is 18.6. The molecule has 0 rings (SSSR count). The van der Waals surface area contributed by atoms with Crippen molar-refractivity contribution in [1.82, 2.24) is 4.90 Å². The van der Waals surface area contributed by atoms with E-state index in [2.05, 4.69) is 11.8 Å². The van der Waals surface area contributed by atoms with Gasteiger partial charge in [0.25, 0.3) is 0 Å². The summed E-state index contributed by atoms with van der Waals surface area (Å²) >= 11 is 0. The maximum Gasteiger partial charge on any atom is 0.305 e. The van der Waals surface area contributed by atoms with Gasteiger partial charge in [0, 0.05) is 6.42 Å². The van der Waals surface area contributed by atoms with Gasteiger partial charge in [0.05, 0.1) is 6.61 Å². The highest BCUT2D eigenvalue weighted by Gasteiger charge is 2.02. The van der Waals surface area contributed by atoms with Crippen molar-refractivity contribution in [2.24, 2.45) is 0 Å². The Morgan fingerprint density at radius 1 is 0.680 bits per heavy atom. The highest BCUT2D eigenvalue weighted by molar-refractivity contribution is 5.69. The number of carbonyl (C=O) groups excluding carboxylic acids is 1. The molecular formula is C22H45NO2. The second-order valence-electron chi connectivity index (χ2n) is 7.72. The van der Waals surface area contributed by atoms with E-state index in [0.717, 1.165) is 19.4 Å². The van der Waals surface area contributed by atoms with Crippen molar-refractivity contribution >= 4 is 5.97 Å². The van der Waals surface area contributed by atoms with Crippen molar-refractivity contribution in [3.63, 3.8) is 0 Å². The van der Waals surface area contributed by atoms with Crippen LogP contribution in [-0.2, 0) is 9.53 Å². The van der Waals surface area contributed by atoms with Crippen LogP contribution in [0.25, 0.3) is 0 Å². The van der Waals surface area contributed by atoms with Crippen LogP contribution in [0.3, 0.4) is 0 Å². The Kier molecular flexibility index (Phi) is 19.3. The van der Waals surface area contributed by atoms with Crippen LogP contribution < -0.4 is 0 Å². The topological polar surface area (TPSA) is 29.5 Å². The van der Waals surface area contributed by atoms with Crippen LogP contribution in [0.15, 0.2) is 0 Å². The Morgan fingerprint density at radius 2 is 1.12 bits per heavy atom. The fourth-order valence-corrected chi connectivity index (χ4v) is 3.09. The molecule has 0 radical (unpaired) electrons. The fraction of sp³-hybridized carbons (Fsp3) is 0.955. The molecule has 0 aliphatic rings. The van der Waals surface area contributed by atoms with E-state index < -0.39 is 0 Å². The van der Waals surface area contributed by atoms with Gasteiger partial charge in [0.2, 0.25) is 0 Å². The summed E-state index contributed by atoms with van der Waals surface area (Å²) in [7, 11) is 4.06. The average Bonchev–Trinajstić information content (AvgIpc) is 2.58. The third kappa shape index (κ3) is 21.4. The van der Waals surface area contributed by atoms with Crippen LogP contribution >= 0.6 is 0 Å². The van der Waals surface area contributed by atoms with Crippen LogP contribution in [0, 0.1) is 0 Å². The van der Waals surface area contributed by atoms with Crippen molar-refractivity contribution in [2.45, 2.75) is 110 Å². The normalized spacial score (nSPS) is 11.2. The lowest BCUT2D eigenvalue weighted by Gasteiger charge is -2.09. The predicted molar refractivity (Wildman–Crippen MR) is 109 cm³/mol. The summed E-state index contributed by atoms with van der Waals surface area (Å²) in [5, 5.41) is 0. The van der Waals surface area contributed by atoms with Crippen molar-refractivity contribution in [1.29, 1.82) is 0 Å². The summed E-state index contributed by atoms with van der Waals surface area (Å²) in [5.41, 5.74) is 0. The van der Waals surface area contributed by atoms with Crippen LogP contribution in [0.2, 0.25) is 0 Å². The number of esters is 1. The molecule has 3 heteroatoms. The van der Waals surface area contributed by atoms with Gasteiger partial charge in [-0.15, -0.1) is 0 Å². The van der Waals surface area contributed by atoms with Gasteiger partial charge >= 0.3 is 5.97 Å². The van der Waals surface area contributed by atoms with E-state index in [9.17, 15) is 4.79 Å². The number of rotatable bonds is 19. The van der Waals surface area contributed by atoms with Crippen LogP contribution in [-0.4, -0.2) is 38.1 Å². The summed E-state index contributed by atoms with van der Waals surface area (Å²) in [6.07, 6.45) is 20.4. The lowest BCUT2D eigenvalue weighted by molar-refractivity contribution is -0.143. The Bertz CT molecular complexity index is 279. The molecule has 0 spiro atoms. The van der Waals surface area contributed by atoms with Gasteiger partial charge in [0.15, 0.2) is 0 Å². The standard InChI is InChI=1S/C22H45NO2/c1-4-5-6-7-8-9-10-11-12-13-14-15-16-17-21-25-22(24)19-18-20-23(2)3/h4-21H2,1-3H3. The Hall–Kier alpha value is -0.570. The van der Waals surface area contributed by atoms with Gasteiger partial charge in [-0.3, -0.25) is 4.79 Å². The molecule has 0 saturated carbocycles. The second-order valence-corrected chi connectivity index (χ2v) is 7.72. The molecule has 0 aliphatic carbocycles. The molecule has 3 nitrogen and oxygen atoms in total. The van der Waals surface area contributed by atoms with E-state index >= 15 is 0 Å². The Labute approximate surface area is 157 Å². The number of ether oxygens (including phenoxy) is 1. The minimum Gasteiger partial charge on any atom is -0.466 e. The van der Waals surface area contributed by atoms with E-state index in [1.807, 2.05) is 14.1 Å². The van der Waals surface area contributed by atoms with Gasteiger partial charge in [-0.2, -0.15) is 0 Å². The third-order valence-corrected chi connectivity index (χ3v) is 4.75. The van der Waals surface area contributed by atoms with Gasteiger partial charge in [-0.05, 0) is 33.5 Å². The summed E-state index contributed by atoms with van der Waals surface area (Å²) in [4.78, 5) is 13.6. The minimum absolute atomic E-state index is 0.0310.